The highest BCUT2D eigenvalue weighted by molar-refractivity contribution is 7.91. The van der Waals surface area contributed by atoms with Crippen LogP contribution >= 0.6 is 0 Å². The summed E-state index contributed by atoms with van der Waals surface area (Å²) in [6, 6.07) is 1.14. The SMILES string of the molecule is CCCNC1CCN(C2CCS(=O)(=O)CC2)CC1C. The fraction of sp³-hybridized carbons (Fsp3) is 1.00. The maximum Gasteiger partial charge on any atom is 0.150 e. The van der Waals surface area contributed by atoms with Gasteiger partial charge in [0.1, 0.15) is 9.84 Å². The first-order chi connectivity index (χ1) is 9.02. The van der Waals surface area contributed by atoms with E-state index >= 15 is 0 Å². The van der Waals surface area contributed by atoms with E-state index in [1.54, 1.807) is 0 Å². The van der Waals surface area contributed by atoms with Crippen molar-refractivity contribution in [3.05, 3.63) is 0 Å². The predicted molar refractivity (Wildman–Crippen MR) is 79.1 cm³/mol. The average Bonchev–Trinajstić information content (AvgIpc) is 2.37. The third-order valence-electron chi connectivity index (χ3n) is 4.63. The van der Waals surface area contributed by atoms with Crippen molar-refractivity contribution in [1.29, 1.82) is 0 Å². The van der Waals surface area contributed by atoms with Crippen LogP contribution in [-0.2, 0) is 9.84 Å². The summed E-state index contributed by atoms with van der Waals surface area (Å²) in [7, 11) is -2.73. The zero-order chi connectivity index (χ0) is 13.9. The molecule has 0 spiro atoms. The fourth-order valence-electron chi connectivity index (χ4n) is 3.39. The molecule has 0 aromatic carbocycles. The Morgan fingerprint density at radius 3 is 2.47 bits per heavy atom. The van der Waals surface area contributed by atoms with E-state index in [1.807, 2.05) is 0 Å². The number of piperidine rings is 1. The van der Waals surface area contributed by atoms with Crippen LogP contribution in [0.3, 0.4) is 0 Å². The van der Waals surface area contributed by atoms with Gasteiger partial charge in [-0.3, -0.25) is 4.90 Å². The van der Waals surface area contributed by atoms with Crippen molar-refractivity contribution >= 4 is 9.84 Å². The molecule has 2 saturated heterocycles. The molecule has 2 atom stereocenters. The first-order valence-corrected chi connectivity index (χ1v) is 9.52. The van der Waals surface area contributed by atoms with Crippen molar-refractivity contribution in [3.63, 3.8) is 0 Å². The molecule has 1 N–H and O–H groups in total. The monoisotopic (exact) mass is 288 g/mol. The molecule has 2 heterocycles. The summed E-state index contributed by atoms with van der Waals surface area (Å²) < 4.78 is 23.0. The molecule has 0 amide bonds. The predicted octanol–water partition coefficient (Wildman–Crippen LogP) is 1.27. The lowest BCUT2D eigenvalue weighted by Crippen LogP contribution is -2.52. The standard InChI is InChI=1S/C14H28N2O2S/c1-3-7-15-14-4-8-16(11-12(14)2)13-5-9-19(17,18)10-6-13/h12-15H,3-11H2,1-2H3. The summed E-state index contributed by atoms with van der Waals surface area (Å²) >= 11 is 0. The summed E-state index contributed by atoms with van der Waals surface area (Å²) in [5.41, 5.74) is 0. The van der Waals surface area contributed by atoms with Gasteiger partial charge in [0.15, 0.2) is 0 Å². The van der Waals surface area contributed by atoms with Crippen molar-refractivity contribution < 1.29 is 8.42 Å². The molecular formula is C14H28N2O2S. The molecule has 2 aliphatic rings. The zero-order valence-corrected chi connectivity index (χ0v) is 13.1. The average molecular weight is 288 g/mol. The van der Waals surface area contributed by atoms with E-state index in [0.717, 1.165) is 32.5 Å². The molecule has 0 aromatic heterocycles. The van der Waals surface area contributed by atoms with Crippen molar-refractivity contribution in [1.82, 2.24) is 10.2 Å². The highest BCUT2D eigenvalue weighted by atomic mass is 32.2. The Morgan fingerprint density at radius 2 is 1.89 bits per heavy atom. The molecule has 2 aliphatic heterocycles. The number of rotatable bonds is 4. The van der Waals surface area contributed by atoms with Gasteiger partial charge in [0, 0.05) is 18.6 Å². The second-order valence-corrected chi connectivity index (χ2v) is 8.51. The van der Waals surface area contributed by atoms with E-state index < -0.39 is 9.84 Å². The first kappa shape index (κ1) is 15.3. The zero-order valence-electron chi connectivity index (χ0n) is 12.3. The minimum Gasteiger partial charge on any atom is -0.314 e. The fourth-order valence-corrected chi connectivity index (χ4v) is 4.85. The maximum atomic E-state index is 11.5. The summed E-state index contributed by atoms with van der Waals surface area (Å²) in [5.74, 6) is 1.44. The summed E-state index contributed by atoms with van der Waals surface area (Å²) in [6.45, 7) is 7.87. The van der Waals surface area contributed by atoms with Crippen LogP contribution in [0.5, 0.6) is 0 Å². The van der Waals surface area contributed by atoms with E-state index in [9.17, 15) is 8.42 Å². The number of hydrogen-bond donors (Lipinski definition) is 1. The van der Waals surface area contributed by atoms with Crippen LogP contribution in [0.4, 0.5) is 0 Å². The minimum atomic E-state index is -2.73. The normalized spacial score (nSPS) is 33.4. The van der Waals surface area contributed by atoms with Crippen LogP contribution in [-0.4, -0.2) is 56.5 Å². The van der Waals surface area contributed by atoms with Gasteiger partial charge in [-0.2, -0.15) is 0 Å². The van der Waals surface area contributed by atoms with Crippen molar-refractivity contribution in [2.75, 3.05) is 31.1 Å². The molecule has 2 unspecified atom stereocenters. The second-order valence-electron chi connectivity index (χ2n) is 6.20. The Bertz CT molecular complexity index is 369. The Kier molecular flexibility index (Phi) is 5.26. The summed E-state index contributed by atoms with van der Waals surface area (Å²) in [6.07, 6.45) is 4.06. The van der Waals surface area contributed by atoms with E-state index in [1.165, 1.54) is 12.8 Å². The number of nitrogens with zero attached hydrogens (tertiary/aromatic N) is 1. The third-order valence-corrected chi connectivity index (χ3v) is 6.35. The van der Waals surface area contributed by atoms with Gasteiger partial charge in [-0.25, -0.2) is 8.42 Å². The Balaban J connectivity index is 1.82. The molecule has 0 aliphatic carbocycles. The molecule has 0 aromatic rings. The Morgan fingerprint density at radius 1 is 1.21 bits per heavy atom. The molecule has 5 heteroatoms. The van der Waals surface area contributed by atoms with Crippen molar-refractivity contribution in [2.45, 2.75) is 51.6 Å². The van der Waals surface area contributed by atoms with Gasteiger partial charge >= 0.3 is 0 Å². The molecule has 0 bridgehead atoms. The Labute approximate surface area is 117 Å². The minimum absolute atomic E-state index is 0.389. The lowest BCUT2D eigenvalue weighted by molar-refractivity contribution is 0.0980. The smallest absolute Gasteiger partial charge is 0.150 e. The van der Waals surface area contributed by atoms with E-state index in [-0.39, 0.29) is 0 Å². The molecule has 4 nitrogen and oxygen atoms in total. The highest BCUT2D eigenvalue weighted by Crippen LogP contribution is 2.24. The van der Waals surface area contributed by atoms with E-state index in [0.29, 0.717) is 29.5 Å². The summed E-state index contributed by atoms with van der Waals surface area (Å²) in [5, 5.41) is 3.64. The molecular weight excluding hydrogens is 260 g/mol. The third kappa shape index (κ3) is 4.17. The highest BCUT2D eigenvalue weighted by Gasteiger charge is 2.32. The van der Waals surface area contributed by atoms with Gasteiger partial charge in [-0.1, -0.05) is 13.8 Å². The van der Waals surface area contributed by atoms with Crippen LogP contribution in [0.2, 0.25) is 0 Å². The second kappa shape index (κ2) is 6.55. The van der Waals surface area contributed by atoms with Gasteiger partial charge in [0.25, 0.3) is 0 Å². The number of likely N-dealkylation sites (tertiary alicyclic amines) is 1. The quantitative estimate of drug-likeness (QED) is 0.846. The van der Waals surface area contributed by atoms with Gasteiger partial charge in [0.05, 0.1) is 11.5 Å². The van der Waals surface area contributed by atoms with Crippen LogP contribution in [0, 0.1) is 5.92 Å². The number of sulfone groups is 1. The number of nitrogens with one attached hydrogen (secondary N) is 1. The van der Waals surface area contributed by atoms with Crippen LogP contribution in [0.25, 0.3) is 0 Å². The van der Waals surface area contributed by atoms with Gasteiger partial charge in [-0.15, -0.1) is 0 Å². The number of hydrogen-bond acceptors (Lipinski definition) is 4. The van der Waals surface area contributed by atoms with Crippen LogP contribution in [0.1, 0.15) is 39.5 Å². The molecule has 0 saturated carbocycles. The largest absolute Gasteiger partial charge is 0.314 e. The molecule has 2 rings (SSSR count). The maximum absolute atomic E-state index is 11.5. The van der Waals surface area contributed by atoms with Crippen molar-refractivity contribution in [3.8, 4) is 0 Å². The van der Waals surface area contributed by atoms with Gasteiger partial charge < -0.3 is 5.32 Å². The summed E-state index contributed by atoms with van der Waals surface area (Å²) in [4.78, 5) is 2.53. The molecule has 0 radical (unpaired) electrons. The topological polar surface area (TPSA) is 49.4 Å². The Hall–Kier alpha value is -0.130. The lowest BCUT2D eigenvalue weighted by atomic mass is 9.92. The molecule has 19 heavy (non-hydrogen) atoms. The van der Waals surface area contributed by atoms with Gasteiger partial charge in [-0.05, 0) is 44.7 Å². The molecule has 112 valence electrons. The van der Waals surface area contributed by atoms with Crippen LogP contribution in [0.15, 0.2) is 0 Å². The van der Waals surface area contributed by atoms with E-state index in [2.05, 4.69) is 24.1 Å². The van der Waals surface area contributed by atoms with Crippen LogP contribution < -0.4 is 5.32 Å². The van der Waals surface area contributed by atoms with Gasteiger partial charge in [0.2, 0.25) is 0 Å². The van der Waals surface area contributed by atoms with Crippen molar-refractivity contribution in [2.24, 2.45) is 5.92 Å². The molecule has 2 fully saturated rings. The van der Waals surface area contributed by atoms with E-state index in [4.69, 9.17) is 0 Å². The lowest BCUT2D eigenvalue weighted by Gasteiger charge is -2.42. The first-order valence-electron chi connectivity index (χ1n) is 7.69.